The first-order chi connectivity index (χ1) is 21.7. The summed E-state index contributed by atoms with van der Waals surface area (Å²) < 4.78 is 13.5. The summed E-state index contributed by atoms with van der Waals surface area (Å²) in [6.07, 6.45) is 6.14. The summed E-state index contributed by atoms with van der Waals surface area (Å²) in [5, 5.41) is 0. The maximum absolute atomic E-state index is 12.6. The van der Waals surface area contributed by atoms with Crippen molar-refractivity contribution in [1.29, 1.82) is 0 Å². The molecule has 5 rings (SSSR count). The molecule has 10 nitrogen and oxygen atoms in total. The van der Waals surface area contributed by atoms with Crippen LogP contribution in [-0.4, -0.2) is 19.5 Å². The molecular formula is C36H44N4O6. The zero-order valence-corrected chi connectivity index (χ0v) is 27.9. The van der Waals surface area contributed by atoms with E-state index in [0.717, 1.165) is 35.1 Å². The number of aryl methyl sites for hydroxylation is 4. The van der Waals surface area contributed by atoms with Crippen molar-refractivity contribution in [2.75, 3.05) is 0 Å². The molecule has 0 unspecified atom stereocenters. The van der Waals surface area contributed by atoms with Crippen LogP contribution in [-0.2, 0) is 6.54 Å². The largest absolute Gasteiger partial charge is 0.440 e. The first-order valence-corrected chi connectivity index (χ1v) is 15.6. The molecule has 1 aliphatic carbocycles. The molecule has 0 bridgehead atoms. The third-order valence-electron chi connectivity index (χ3n) is 7.65. The minimum atomic E-state index is -0.571. The maximum Gasteiger partial charge on any atom is 0.331 e. The van der Waals surface area contributed by atoms with E-state index in [1.807, 2.05) is 85.7 Å². The van der Waals surface area contributed by atoms with Crippen molar-refractivity contribution in [2.45, 2.75) is 86.6 Å². The molecule has 1 aliphatic rings. The van der Waals surface area contributed by atoms with Crippen LogP contribution in [0.25, 0.3) is 0 Å². The highest BCUT2D eigenvalue weighted by Crippen LogP contribution is 2.30. The number of hydrogen-bond donors (Lipinski definition) is 3. The van der Waals surface area contributed by atoms with Gasteiger partial charge in [0.25, 0.3) is 11.1 Å². The van der Waals surface area contributed by atoms with Crippen LogP contribution in [0.5, 0.6) is 23.3 Å². The lowest BCUT2D eigenvalue weighted by Gasteiger charge is -2.20. The summed E-state index contributed by atoms with van der Waals surface area (Å²) in [6, 6.07) is 11.6. The predicted molar refractivity (Wildman–Crippen MR) is 181 cm³/mol. The van der Waals surface area contributed by atoms with E-state index in [1.54, 1.807) is 4.57 Å². The van der Waals surface area contributed by atoms with E-state index < -0.39 is 16.9 Å². The van der Waals surface area contributed by atoms with Gasteiger partial charge in [-0.15, -0.1) is 0 Å². The van der Waals surface area contributed by atoms with Gasteiger partial charge in [0, 0.05) is 6.54 Å². The highest BCUT2D eigenvalue weighted by molar-refractivity contribution is 5.39. The van der Waals surface area contributed by atoms with E-state index in [4.69, 9.17) is 9.47 Å². The third kappa shape index (κ3) is 8.44. The van der Waals surface area contributed by atoms with Crippen LogP contribution in [0.4, 0.5) is 0 Å². The number of nitrogens with one attached hydrogen (secondary N) is 3. The van der Waals surface area contributed by atoms with E-state index in [1.165, 1.54) is 0 Å². The molecule has 0 atom stereocenters. The first-order valence-electron chi connectivity index (χ1n) is 15.6. The van der Waals surface area contributed by atoms with Gasteiger partial charge in [-0.2, -0.15) is 0 Å². The van der Waals surface area contributed by atoms with Gasteiger partial charge in [0.05, 0.1) is 11.1 Å². The van der Waals surface area contributed by atoms with Gasteiger partial charge in [-0.25, -0.2) is 9.59 Å². The number of aromatic nitrogens is 4. The van der Waals surface area contributed by atoms with E-state index in [0.29, 0.717) is 41.0 Å². The van der Waals surface area contributed by atoms with Gasteiger partial charge in [-0.3, -0.25) is 29.1 Å². The van der Waals surface area contributed by atoms with Crippen LogP contribution in [0, 0.1) is 33.6 Å². The molecular weight excluding hydrogens is 584 g/mol. The second-order valence-corrected chi connectivity index (χ2v) is 12.7. The SMILES string of the molecule is Cc1cc(C)cc(Oc2[nH]c(=O)[nH]c(=O)c2C(C)C)c1.Cc1cc(C)cc(Oc2c(C(C)C)c(=O)[nH]c(=O)n2CC2CC=CC2)c1. The number of H-pyrrole nitrogens is 3. The Hall–Kier alpha value is -4.86. The van der Waals surface area contributed by atoms with Crippen molar-refractivity contribution < 1.29 is 9.47 Å². The average Bonchev–Trinajstić information content (AvgIpc) is 3.42. The Kier molecular flexibility index (Phi) is 10.7. The number of benzene rings is 2. The van der Waals surface area contributed by atoms with E-state index >= 15 is 0 Å². The van der Waals surface area contributed by atoms with Gasteiger partial charge < -0.3 is 9.47 Å². The summed E-state index contributed by atoms with van der Waals surface area (Å²) in [5.74, 6) is 2.05. The van der Waals surface area contributed by atoms with Gasteiger partial charge >= 0.3 is 11.4 Å². The second kappa shape index (κ2) is 14.5. The van der Waals surface area contributed by atoms with Gasteiger partial charge in [-0.1, -0.05) is 52.0 Å². The van der Waals surface area contributed by atoms with E-state index in [2.05, 4.69) is 33.2 Å². The van der Waals surface area contributed by atoms with Crippen molar-refractivity contribution in [2.24, 2.45) is 5.92 Å². The Morgan fingerprint density at radius 1 is 0.674 bits per heavy atom. The van der Waals surface area contributed by atoms with Crippen LogP contribution in [0.3, 0.4) is 0 Å². The molecule has 10 heteroatoms. The van der Waals surface area contributed by atoms with Crippen molar-refractivity contribution >= 4 is 0 Å². The van der Waals surface area contributed by atoms with Crippen molar-refractivity contribution in [1.82, 2.24) is 19.5 Å². The fourth-order valence-electron chi connectivity index (χ4n) is 5.73. The molecule has 2 heterocycles. The van der Waals surface area contributed by atoms with Crippen molar-refractivity contribution in [3.63, 3.8) is 0 Å². The molecule has 3 N–H and O–H groups in total. The van der Waals surface area contributed by atoms with Gasteiger partial charge in [0.1, 0.15) is 11.5 Å². The molecule has 46 heavy (non-hydrogen) atoms. The lowest BCUT2D eigenvalue weighted by molar-refractivity contribution is 0.366. The monoisotopic (exact) mass is 628 g/mol. The summed E-state index contributed by atoms with van der Waals surface area (Å²) in [4.78, 5) is 55.5. The topological polar surface area (TPSA) is 139 Å². The number of allylic oxidation sites excluding steroid dienone is 2. The Labute approximate surface area is 268 Å². The van der Waals surface area contributed by atoms with E-state index in [-0.39, 0.29) is 23.3 Å². The zero-order valence-electron chi connectivity index (χ0n) is 27.9. The fourth-order valence-corrected chi connectivity index (χ4v) is 5.73. The van der Waals surface area contributed by atoms with Crippen LogP contribution >= 0.6 is 0 Å². The molecule has 2 aromatic carbocycles. The number of ether oxygens (including phenoxy) is 2. The standard InChI is InChI=1S/C21H26N2O3.C15H18N2O3/c1-13(2)18-19(24)22-21(25)23(12-16-7-5-6-8-16)20(18)26-17-10-14(3)9-15(4)11-17;1-8(2)12-13(18)16-15(19)17-14(12)20-11-6-9(3)5-10(4)7-11/h5-6,9-11,13,16H,7-8,12H2,1-4H3,(H,22,24,25);5-8H,1-4H3,(H2,16,17,18,19). The smallest absolute Gasteiger partial charge is 0.331 e. The minimum Gasteiger partial charge on any atom is -0.440 e. The lowest BCUT2D eigenvalue weighted by Crippen LogP contribution is -2.35. The van der Waals surface area contributed by atoms with Crippen LogP contribution in [0.2, 0.25) is 0 Å². The Balaban J connectivity index is 0.000000216. The van der Waals surface area contributed by atoms with E-state index in [9.17, 15) is 19.2 Å². The maximum atomic E-state index is 12.6. The molecule has 2 aromatic heterocycles. The Bertz CT molecular complexity index is 1930. The first kappa shape index (κ1) is 34.0. The summed E-state index contributed by atoms with van der Waals surface area (Å²) >= 11 is 0. The number of hydrogen-bond acceptors (Lipinski definition) is 6. The summed E-state index contributed by atoms with van der Waals surface area (Å²) in [6.45, 7) is 16.1. The van der Waals surface area contributed by atoms with Crippen LogP contribution in [0.1, 0.15) is 85.8 Å². The molecule has 0 spiro atoms. The van der Waals surface area contributed by atoms with Crippen LogP contribution in [0.15, 0.2) is 67.7 Å². The predicted octanol–water partition coefficient (Wildman–Crippen LogP) is 6.63. The molecule has 244 valence electrons. The molecule has 0 fully saturated rings. The third-order valence-corrected chi connectivity index (χ3v) is 7.65. The normalized spacial score (nSPS) is 12.8. The highest BCUT2D eigenvalue weighted by Gasteiger charge is 2.23. The highest BCUT2D eigenvalue weighted by atomic mass is 16.5. The average molecular weight is 629 g/mol. The molecule has 0 saturated heterocycles. The van der Waals surface area contributed by atoms with Gasteiger partial charge in [0.15, 0.2) is 0 Å². The number of nitrogens with zero attached hydrogens (tertiary/aromatic N) is 1. The lowest BCUT2D eigenvalue weighted by atomic mass is 10.0. The molecule has 0 aliphatic heterocycles. The Morgan fingerprint density at radius 2 is 1.15 bits per heavy atom. The fraction of sp³-hybridized carbons (Fsp3) is 0.389. The van der Waals surface area contributed by atoms with Crippen molar-refractivity contribution in [3.8, 4) is 23.3 Å². The van der Waals surface area contributed by atoms with Gasteiger partial charge in [0.2, 0.25) is 11.8 Å². The summed E-state index contributed by atoms with van der Waals surface area (Å²) in [7, 11) is 0. The minimum absolute atomic E-state index is 0.0588. The molecule has 0 radical (unpaired) electrons. The molecule has 4 aromatic rings. The van der Waals surface area contributed by atoms with Crippen molar-refractivity contribution in [3.05, 3.63) is 124 Å². The van der Waals surface area contributed by atoms with Crippen LogP contribution < -0.4 is 32.0 Å². The summed E-state index contributed by atoms with van der Waals surface area (Å²) in [5.41, 5.74) is 3.43. The van der Waals surface area contributed by atoms with Gasteiger partial charge in [-0.05, 0) is 105 Å². The molecule has 0 amide bonds. The quantitative estimate of drug-likeness (QED) is 0.187. The zero-order chi connectivity index (χ0) is 33.7. The number of aromatic amines is 3. The number of rotatable bonds is 8. The molecule has 0 saturated carbocycles. The Morgan fingerprint density at radius 3 is 1.65 bits per heavy atom. The second-order valence-electron chi connectivity index (χ2n) is 12.7.